The van der Waals surface area contributed by atoms with Crippen LogP contribution >= 0.6 is 15.9 Å². The SMILES string of the molecule is CCCNC(=O)C(Cc1ccccc1)N(Cc1ccc(Br)cc1)C(=O)CN(c1cccc([N+](=O)[O-])c1)S(C)(=O)=O. The quantitative estimate of drug-likeness (QED) is 0.221. The van der Waals surface area contributed by atoms with Gasteiger partial charge in [0.25, 0.3) is 5.69 Å². The van der Waals surface area contributed by atoms with E-state index in [2.05, 4.69) is 21.2 Å². The molecule has 0 aliphatic carbocycles. The molecule has 3 rings (SSSR count). The van der Waals surface area contributed by atoms with Crippen molar-refractivity contribution in [3.8, 4) is 0 Å². The number of halogens is 1. The van der Waals surface area contributed by atoms with Gasteiger partial charge in [-0.15, -0.1) is 0 Å². The summed E-state index contributed by atoms with van der Waals surface area (Å²) in [6, 6.07) is 20.6. The minimum Gasteiger partial charge on any atom is -0.354 e. The molecule has 0 saturated carbocycles. The number of hydrogen-bond donors (Lipinski definition) is 1. The Bertz CT molecular complexity index is 1430. The standard InChI is InChI=1S/C28H31BrN4O6S/c1-3-16-30-28(35)26(17-21-8-5-4-6-9-21)31(19-22-12-14-23(29)15-13-22)27(34)20-32(40(2,38)39)24-10-7-11-25(18-24)33(36)37/h4-15,18,26H,3,16-17,19-20H2,1-2H3,(H,30,35). The molecule has 0 aliphatic rings. The van der Waals surface area contributed by atoms with Crippen molar-refractivity contribution in [1.29, 1.82) is 0 Å². The highest BCUT2D eigenvalue weighted by molar-refractivity contribution is 9.10. The van der Waals surface area contributed by atoms with Gasteiger partial charge in [-0.2, -0.15) is 0 Å². The molecule has 1 unspecified atom stereocenters. The molecule has 0 aromatic heterocycles. The van der Waals surface area contributed by atoms with E-state index in [1.54, 1.807) is 0 Å². The van der Waals surface area contributed by atoms with Crippen LogP contribution in [0, 0.1) is 10.1 Å². The van der Waals surface area contributed by atoms with Crippen LogP contribution in [0.5, 0.6) is 0 Å². The van der Waals surface area contributed by atoms with Crippen LogP contribution in [0.25, 0.3) is 0 Å². The summed E-state index contributed by atoms with van der Waals surface area (Å²) in [7, 11) is -4.03. The predicted octanol–water partition coefficient (Wildman–Crippen LogP) is 4.29. The lowest BCUT2D eigenvalue weighted by Gasteiger charge is -2.33. The molecule has 3 aromatic rings. The molecule has 1 N–H and O–H groups in total. The third-order valence-electron chi connectivity index (χ3n) is 6.09. The Morgan fingerprint density at radius 2 is 1.68 bits per heavy atom. The molecule has 3 aromatic carbocycles. The number of sulfonamides is 1. The lowest BCUT2D eigenvalue weighted by Crippen LogP contribution is -2.53. The first-order chi connectivity index (χ1) is 19.0. The highest BCUT2D eigenvalue weighted by Crippen LogP contribution is 2.24. The van der Waals surface area contributed by atoms with Crippen LogP contribution in [0.2, 0.25) is 0 Å². The van der Waals surface area contributed by atoms with Crippen LogP contribution in [-0.2, 0) is 32.6 Å². The zero-order valence-corrected chi connectivity index (χ0v) is 24.6. The van der Waals surface area contributed by atoms with Crippen molar-refractivity contribution in [2.24, 2.45) is 0 Å². The fourth-order valence-electron chi connectivity index (χ4n) is 4.08. The fourth-order valence-corrected chi connectivity index (χ4v) is 5.19. The summed E-state index contributed by atoms with van der Waals surface area (Å²) in [5.41, 5.74) is 1.22. The summed E-state index contributed by atoms with van der Waals surface area (Å²) in [6.07, 6.45) is 1.82. The lowest BCUT2D eigenvalue weighted by atomic mass is 10.0. The maximum absolute atomic E-state index is 14.0. The average Bonchev–Trinajstić information content (AvgIpc) is 2.93. The number of benzene rings is 3. The van der Waals surface area contributed by atoms with Gasteiger partial charge in [-0.25, -0.2) is 8.42 Å². The van der Waals surface area contributed by atoms with E-state index in [9.17, 15) is 28.1 Å². The second kappa shape index (κ2) is 14.0. The van der Waals surface area contributed by atoms with E-state index >= 15 is 0 Å². The third kappa shape index (κ3) is 8.62. The van der Waals surface area contributed by atoms with Gasteiger partial charge in [-0.05, 0) is 35.7 Å². The van der Waals surface area contributed by atoms with Crippen LogP contribution in [0.1, 0.15) is 24.5 Å². The van der Waals surface area contributed by atoms with Crippen molar-refractivity contribution in [1.82, 2.24) is 10.2 Å². The monoisotopic (exact) mass is 630 g/mol. The van der Waals surface area contributed by atoms with Crippen molar-refractivity contribution < 1.29 is 22.9 Å². The number of carbonyl (C=O) groups is 2. The Labute approximate surface area is 242 Å². The highest BCUT2D eigenvalue weighted by atomic mass is 79.9. The molecule has 1 atom stereocenters. The number of nitrogens with zero attached hydrogens (tertiary/aromatic N) is 3. The summed E-state index contributed by atoms with van der Waals surface area (Å²) in [6.45, 7) is 1.71. The Morgan fingerprint density at radius 1 is 1.00 bits per heavy atom. The van der Waals surface area contributed by atoms with E-state index in [4.69, 9.17) is 0 Å². The number of nitro groups is 1. The number of carbonyl (C=O) groups excluding carboxylic acids is 2. The number of non-ortho nitro benzene ring substituents is 1. The van der Waals surface area contributed by atoms with E-state index < -0.39 is 33.4 Å². The first kappa shape index (κ1) is 30.8. The van der Waals surface area contributed by atoms with Crippen molar-refractivity contribution in [3.63, 3.8) is 0 Å². The maximum Gasteiger partial charge on any atom is 0.271 e. The first-order valence-corrected chi connectivity index (χ1v) is 15.2. The van der Waals surface area contributed by atoms with Crippen molar-refractivity contribution in [2.45, 2.75) is 32.4 Å². The van der Waals surface area contributed by atoms with E-state index in [1.807, 2.05) is 61.5 Å². The van der Waals surface area contributed by atoms with Gasteiger partial charge in [0.2, 0.25) is 21.8 Å². The molecule has 2 amide bonds. The fraction of sp³-hybridized carbons (Fsp3) is 0.286. The van der Waals surface area contributed by atoms with Gasteiger partial charge >= 0.3 is 0 Å². The maximum atomic E-state index is 14.0. The van der Waals surface area contributed by atoms with Crippen LogP contribution in [0.15, 0.2) is 83.3 Å². The van der Waals surface area contributed by atoms with Crippen molar-refractivity contribution in [2.75, 3.05) is 23.7 Å². The van der Waals surface area contributed by atoms with Gasteiger partial charge in [-0.1, -0.05) is 71.4 Å². The van der Waals surface area contributed by atoms with E-state index in [1.165, 1.54) is 23.1 Å². The van der Waals surface area contributed by atoms with Gasteiger partial charge in [0, 0.05) is 36.1 Å². The first-order valence-electron chi connectivity index (χ1n) is 12.6. The number of amides is 2. The van der Waals surface area contributed by atoms with Gasteiger partial charge in [-0.3, -0.25) is 24.0 Å². The zero-order chi connectivity index (χ0) is 29.3. The number of anilines is 1. The summed E-state index contributed by atoms with van der Waals surface area (Å²) in [4.78, 5) is 39.5. The van der Waals surface area contributed by atoms with Crippen LogP contribution in [-0.4, -0.2) is 55.4 Å². The minimum absolute atomic E-state index is 0.0244. The Hall–Kier alpha value is -3.77. The summed E-state index contributed by atoms with van der Waals surface area (Å²) in [5, 5.41) is 14.2. The van der Waals surface area contributed by atoms with Crippen molar-refractivity contribution in [3.05, 3.63) is 105 Å². The smallest absolute Gasteiger partial charge is 0.271 e. The molecule has 0 spiro atoms. The van der Waals surface area contributed by atoms with Gasteiger partial charge < -0.3 is 10.2 Å². The minimum atomic E-state index is -4.03. The summed E-state index contributed by atoms with van der Waals surface area (Å²) in [5.74, 6) is -0.996. The predicted molar refractivity (Wildman–Crippen MR) is 157 cm³/mol. The highest BCUT2D eigenvalue weighted by Gasteiger charge is 2.33. The molecular formula is C28H31BrN4O6S. The molecular weight excluding hydrogens is 600 g/mol. The normalized spacial score (nSPS) is 11.9. The molecule has 0 fully saturated rings. The molecule has 0 bridgehead atoms. The van der Waals surface area contributed by atoms with Gasteiger partial charge in [0.1, 0.15) is 12.6 Å². The van der Waals surface area contributed by atoms with Crippen LogP contribution in [0.4, 0.5) is 11.4 Å². The molecule has 10 nitrogen and oxygen atoms in total. The van der Waals surface area contributed by atoms with E-state index in [0.717, 1.165) is 32.2 Å². The second-order valence-corrected chi connectivity index (χ2v) is 12.0. The number of rotatable bonds is 13. The molecule has 212 valence electrons. The summed E-state index contributed by atoms with van der Waals surface area (Å²) < 4.78 is 27.3. The van der Waals surface area contributed by atoms with Gasteiger partial charge in [0.05, 0.1) is 16.9 Å². The van der Waals surface area contributed by atoms with Crippen LogP contribution < -0.4 is 9.62 Å². The third-order valence-corrected chi connectivity index (χ3v) is 7.76. The largest absolute Gasteiger partial charge is 0.354 e. The second-order valence-electron chi connectivity index (χ2n) is 9.19. The van der Waals surface area contributed by atoms with E-state index in [0.29, 0.717) is 13.0 Å². The molecule has 0 heterocycles. The van der Waals surface area contributed by atoms with Crippen LogP contribution in [0.3, 0.4) is 0 Å². The Balaban J connectivity index is 2.05. The number of hydrogen-bond acceptors (Lipinski definition) is 6. The Morgan fingerprint density at radius 3 is 2.27 bits per heavy atom. The molecule has 40 heavy (non-hydrogen) atoms. The average molecular weight is 632 g/mol. The Kier molecular flexibility index (Phi) is 10.8. The molecule has 0 radical (unpaired) electrons. The zero-order valence-electron chi connectivity index (χ0n) is 22.2. The number of nitrogens with one attached hydrogen (secondary N) is 1. The summed E-state index contributed by atoms with van der Waals surface area (Å²) >= 11 is 3.40. The van der Waals surface area contributed by atoms with E-state index in [-0.39, 0.29) is 30.2 Å². The molecule has 0 aliphatic heterocycles. The topological polar surface area (TPSA) is 130 Å². The van der Waals surface area contributed by atoms with Crippen molar-refractivity contribution >= 4 is 49.1 Å². The molecule has 0 saturated heterocycles. The number of nitro benzene ring substituents is 1. The van der Waals surface area contributed by atoms with Gasteiger partial charge in [0.15, 0.2) is 0 Å². The lowest BCUT2D eigenvalue weighted by molar-refractivity contribution is -0.384. The molecule has 12 heteroatoms.